The molecule has 3 nitrogen and oxygen atoms in total. The van der Waals surface area contributed by atoms with Crippen molar-refractivity contribution in [2.75, 3.05) is 6.61 Å². The minimum absolute atomic E-state index is 0.246. The zero-order valence-corrected chi connectivity index (χ0v) is 9.74. The van der Waals surface area contributed by atoms with Crippen LogP contribution < -0.4 is 4.74 Å². The number of H-pyrrole nitrogens is 1. The van der Waals surface area contributed by atoms with E-state index < -0.39 is 0 Å². The van der Waals surface area contributed by atoms with E-state index in [4.69, 9.17) is 4.74 Å². The monoisotopic (exact) mass is 234 g/mol. The maximum absolute atomic E-state index is 12.6. The number of nitrogens with one attached hydrogen (secondary N) is 1. The van der Waals surface area contributed by atoms with Crippen molar-refractivity contribution in [1.29, 1.82) is 0 Å². The number of imidazole rings is 1. The van der Waals surface area contributed by atoms with Crippen molar-refractivity contribution < 1.29 is 9.13 Å². The van der Waals surface area contributed by atoms with Gasteiger partial charge < -0.3 is 9.72 Å². The summed E-state index contributed by atoms with van der Waals surface area (Å²) < 4.78 is 18.1. The minimum Gasteiger partial charge on any atom is -0.494 e. The molecule has 0 saturated carbocycles. The van der Waals surface area contributed by atoms with Gasteiger partial charge in [-0.3, -0.25) is 0 Å². The van der Waals surface area contributed by atoms with Crippen molar-refractivity contribution in [3.05, 3.63) is 47.8 Å². The third kappa shape index (κ3) is 3.31. The molecule has 1 aromatic heterocycles. The molecule has 0 unspecified atom stereocenters. The molecule has 0 amide bonds. The molecule has 0 atom stereocenters. The number of aromatic nitrogens is 2. The van der Waals surface area contributed by atoms with E-state index in [1.54, 1.807) is 18.5 Å². The van der Waals surface area contributed by atoms with Crippen LogP contribution in [0.3, 0.4) is 0 Å². The predicted molar refractivity (Wildman–Crippen MR) is 63.5 cm³/mol. The first-order valence-corrected chi connectivity index (χ1v) is 5.63. The molecule has 17 heavy (non-hydrogen) atoms. The summed E-state index contributed by atoms with van der Waals surface area (Å²) in [7, 11) is 0. The van der Waals surface area contributed by atoms with Crippen LogP contribution >= 0.6 is 0 Å². The SMILES string of the molecule is Cc1[nH]cnc1CCCOc1ccc(F)cc1. The van der Waals surface area contributed by atoms with Crippen molar-refractivity contribution in [2.45, 2.75) is 19.8 Å². The smallest absolute Gasteiger partial charge is 0.123 e. The number of aryl methyl sites for hydroxylation is 2. The van der Waals surface area contributed by atoms with E-state index in [2.05, 4.69) is 9.97 Å². The molecule has 2 rings (SSSR count). The number of hydrogen-bond acceptors (Lipinski definition) is 2. The van der Waals surface area contributed by atoms with Crippen LogP contribution in [-0.2, 0) is 6.42 Å². The fraction of sp³-hybridized carbons (Fsp3) is 0.308. The third-order valence-corrected chi connectivity index (χ3v) is 2.57. The Morgan fingerprint density at radius 2 is 2.06 bits per heavy atom. The van der Waals surface area contributed by atoms with Gasteiger partial charge in [0, 0.05) is 5.69 Å². The number of rotatable bonds is 5. The number of hydrogen-bond donors (Lipinski definition) is 1. The van der Waals surface area contributed by atoms with E-state index in [1.807, 2.05) is 6.92 Å². The summed E-state index contributed by atoms with van der Waals surface area (Å²) in [6, 6.07) is 6.06. The van der Waals surface area contributed by atoms with Gasteiger partial charge in [-0.25, -0.2) is 9.37 Å². The minimum atomic E-state index is -0.246. The highest BCUT2D eigenvalue weighted by Crippen LogP contribution is 2.12. The lowest BCUT2D eigenvalue weighted by Gasteiger charge is -2.05. The van der Waals surface area contributed by atoms with Crippen LogP contribution in [0.1, 0.15) is 17.8 Å². The maximum atomic E-state index is 12.6. The van der Waals surface area contributed by atoms with Crippen LogP contribution in [0.25, 0.3) is 0 Å². The molecule has 0 aliphatic carbocycles. The topological polar surface area (TPSA) is 37.9 Å². The van der Waals surface area contributed by atoms with Crippen LogP contribution in [0.4, 0.5) is 4.39 Å². The van der Waals surface area contributed by atoms with Crippen molar-refractivity contribution in [2.24, 2.45) is 0 Å². The molecule has 1 aromatic carbocycles. The van der Waals surface area contributed by atoms with E-state index in [9.17, 15) is 4.39 Å². The number of ether oxygens (including phenoxy) is 1. The van der Waals surface area contributed by atoms with Gasteiger partial charge in [0.2, 0.25) is 0 Å². The highest BCUT2D eigenvalue weighted by molar-refractivity contribution is 5.22. The summed E-state index contributed by atoms with van der Waals surface area (Å²) >= 11 is 0. The Morgan fingerprint density at radius 1 is 1.29 bits per heavy atom. The van der Waals surface area contributed by atoms with E-state index in [1.165, 1.54) is 12.1 Å². The molecule has 2 aromatic rings. The van der Waals surface area contributed by atoms with Gasteiger partial charge in [0.15, 0.2) is 0 Å². The van der Waals surface area contributed by atoms with Gasteiger partial charge in [0.1, 0.15) is 11.6 Å². The highest BCUT2D eigenvalue weighted by atomic mass is 19.1. The second-order valence-electron chi connectivity index (χ2n) is 3.88. The molecule has 0 saturated heterocycles. The summed E-state index contributed by atoms with van der Waals surface area (Å²) in [5.74, 6) is 0.453. The van der Waals surface area contributed by atoms with Crippen molar-refractivity contribution in [3.63, 3.8) is 0 Å². The summed E-state index contributed by atoms with van der Waals surface area (Å²) in [6.07, 6.45) is 3.48. The Bertz CT molecular complexity index is 465. The fourth-order valence-corrected chi connectivity index (χ4v) is 1.60. The lowest BCUT2D eigenvalue weighted by Crippen LogP contribution is -2.00. The average Bonchev–Trinajstić information content (AvgIpc) is 2.73. The third-order valence-electron chi connectivity index (χ3n) is 2.57. The summed E-state index contributed by atoms with van der Waals surface area (Å²) in [5, 5.41) is 0. The molecule has 0 bridgehead atoms. The van der Waals surface area contributed by atoms with Crippen LogP contribution in [0.5, 0.6) is 5.75 Å². The normalized spacial score (nSPS) is 10.5. The quantitative estimate of drug-likeness (QED) is 0.808. The second-order valence-corrected chi connectivity index (χ2v) is 3.88. The fourth-order valence-electron chi connectivity index (χ4n) is 1.60. The zero-order chi connectivity index (χ0) is 12.1. The average molecular weight is 234 g/mol. The first kappa shape index (κ1) is 11.6. The van der Waals surface area contributed by atoms with Crippen LogP contribution in [0, 0.1) is 12.7 Å². The van der Waals surface area contributed by atoms with Gasteiger partial charge in [-0.05, 0) is 44.0 Å². The lowest BCUT2D eigenvalue weighted by molar-refractivity contribution is 0.310. The Hall–Kier alpha value is -1.84. The van der Waals surface area contributed by atoms with E-state index in [0.29, 0.717) is 12.4 Å². The maximum Gasteiger partial charge on any atom is 0.123 e. The Balaban J connectivity index is 1.73. The molecule has 0 aliphatic rings. The molecule has 0 fully saturated rings. The zero-order valence-electron chi connectivity index (χ0n) is 9.74. The van der Waals surface area contributed by atoms with Gasteiger partial charge in [-0.1, -0.05) is 0 Å². The number of benzene rings is 1. The number of aromatic amines is 1. The summed E-state index contributed by atoms with van der Waals surface area (Å²) in [5.41, 5.74) is 2.18. The summed E-state index contributed by atoms with van der Waals surface area (Å²) in [6.45, 7) is 2.61. The first-order valence-electron chi connectivity index (χ1n) is 5.63. The van der Waals surface area contributed by atoms with E-state index >= 15 is 0 Å². The molecule has 1 heterocycles. The van der Waals surface area contributed by atoms with Crippen molar-refractivity contribution in [1.82, 2.24) is 9.97 Å². The van der Waals surface area contributed by atoms with Crippen LogP contribution in [-0.4, -0.2) is 16.6 Å². The highest BCUT2D eigenvalue weighted by Gasteiger charge is 2.00. The van der Waals surface area contributed by atoms with Crippen molar-refractivity contribution in [3.8, 4) is 5.75 Å². The van der Waals surface area contributed by atoms with Gasteiger partial charge >= 0.3 is 0 Å². The summed E-state index contributed by atoms with van der Waals surface area (Å²) in [4.78, 5) is 7.25. The standard InChI is InChI=1S/C13H15FN2O/c1-10-13(16-9-15-10)3-2-8-17-12-6-4-11(14)5-7-12/h4-7,9H,2-3,8H2,1H3,(H,15,16). The van der Waals surface area contributed by atoms with E-state index in [0.717, 1.165) is 24.2 Å². The van der Waals surface area contributed by atoms with Gasteiger partial charge in [0.05, 0.1) is 18.6 Å². The molecule has 0 aliphatic heterocycles. The van der Waals surface area contributed by atoms with Crippen LogP contribution in [0.2, 0.25) is 0 Å². The lowest BCUT2D eigenvalue weighted by atomic mass is 10.2. The van der Waals surface area contributed by atoms with Gasteiger partial charge in [-0.2, -0.15) is 0 Å². The molecule has 90 valence electrons. The molecular weight excluding hydrogens is 219 g/mol. The predicted octanol–water partition coefficient (Wildman–Crippen LogP) is 2.87. The Kier molecular flexibility index (Phi) is 3.75. The Morgan fingerprint density at radius 3 is 2.71 bits per heavy atom. The Labute approximate surface area is 99.7 Å². The number of halogens is 1. The largest absolute Gasteiger partial charge is 0.494 e. The molecule has 0 spiro atoms. The first-order chi connectivity index (χ1) is 8.25. The molecule has 1 N–H and O–H groups in total. The van der Waals surface area contributed by atoms with Crippen LogP contribution in [0.15, 0.2) is 30.6 Å². The number of nitrogens with zero attached hydrogens (tertiary/aromatic N) is 1. The molecule has 0 radical (unpaired) electrons. The second kappa shape index (κ2) is 5.48. The van der Waals surface area contributed by atoms with E-state index in [-0.39, 0.29) is 5.82 Å². The van der Waals surface area contributed by atoms with Gasteiger partial charge in [-0.15, -0.1) is 0 Å². The molecular formula is C13H15FN2O. The van der Waals surface area contributed by atoms with Gasteiger partial charge in [0.25, 0.3) is 0 Å². The van der Waals surface area contributed by atoms with Crippen molar-refractivity contribution >= 4 is 0 Å². The molecule has 4 heteroatoms.